The van der Waals surface area contributed by atoms with Crippen LogP contribution in [-0.4, -0.2) is 18.5 Å². The monoisotopic (exact) mass is 269 g/mol. The Bertz CT molecular complexity index is 111. The molecule has 0 aliphatic heterocycles. The van der Waals surface area contributed by atoms with Crippen LogP contribution in [0.2, 0.25) is 0 Å². The third kappa shape index (κ3) is 12.6. The fraction of sp³-hybridized carbons (Fsp3) is 1.00. The number of halogens is 2. The van der Waals surface area contributed by atoms with Crippen LogP contribution < -0.4 is 5.32 Å². The van der Waals surface area contributed by atoms with Gasteiger partial charge in [0.1, 0.15) is 0 Å². The van der Waals surface area contributed by atoms with Crippen LogP contribution in [0.5, 0.6) is 0 Å². The van der Waals surface area contributed by atoms with Gasteiger partial charge in [-0.05, 0) is 12.8 Å². The molecule has 0 saturated heterocycles. The Morgan fingerprint density at radius 3 is 1.81 bits per heavy atom. The van der Waals surface area contributed by atoms with Crippen molar-refractivity contribution < 1.29 is 0 Å². The summed E-state index contributed by atoms with van der Waals surface area (Å²) in [6.07, 6.45) is 10.8. The summed E-state index contributed by atoms with van der Waals surface area (Å²) in [6, 6.07) is 0.710. The molecule has 1 N–H and O–H groups in total. The van der Waals surface area contributed by atoms with Crippen molar-refractivity contribution in [2.45, 2.75) is 71.3 Å². The van der Waals surface area contributed by atoms with E-state index in [9.17, 15) is 0 Å². The van der Waals surface area contributed by atoms with Crippen molar-refractivity contribution in [1.29, 1.82) is 0 Å². The first-order valence-corrected chi connectivity index (χ1v) is 7.17. The van der Waals surface area contributed by atoms with E-state index in [2.05, 4.69) is 19.2 Å². The van der Waals surface area contributed by atoms with E-state index >= 15 is 0 Å². The topological polar surface area (TPSA) is 12.0 Å². The Morgan fingerprint density at radius 2 is 1.44 bits per heavy atom. The number of unbranched alkanes of at least 4 members (excludes halogenated alkanes) is 4. The summed E-state index contributed by atoms with van der Waals surface area (Å²) in [5.41, 5.74) is 0. The Hall–Kier alpha value is 0.540. The highest BCUT2D eigenvalue weighted by molar-refractivity contribution is 6.18. The van der Waals surface area contributed by atoms with Gasteiger partial charge in [0, 0.05) is 18.5 Å². The zero-order valence-electron chi connectivity index (χ0n) is 10.9. The van der Waals surface area contributed by atoms with Crippen LogP contribution in [0.4, 0.5) is 0 Å². The minimum atomic E-state index is 0. The van der Waals surface area contributed by atoms with E-state index in [1.165, 1.54) is 51.4 Å². The van der Waals surface area contributed by atoms with Gasteiger partial charge in [-0.15, -0.1) is 24.0 Å². The summed E-state index contributed by atoms with van der Waals surface area (Å²) in [5, 5.41) is 3.56. The zero-order valence-corrected chi connectivity index (χ0v) is 12.5. The van der Waals surface area contributed by atoms with Gasteiger partial charge in [-0.1, -0.05) is 52.4 Å². The van der Waals surface area contributed by atoms with Gasteiger partial charge in [0.2, 0.25) is 0 Å². The number of hydrogen-bond donors (Lipinski definition) is 1. The predicted octanol–water partition coefficient (Wildman–Crippen LogP) is 4.77. The first-order valence-electron chi connectivity index (χ1n) is 6.64. The van der Waals surface area contributed by atoms with Crippen LogP contribution in [-0.2, 0) is 0 Å². The Balaban J connectivity index is 0. The standard InChI is InChI=1S/C13H28ClN.ClH/c1-3-5-7-9-13(15-12-11-14)10-8-6-4-2;/h13,15H,3-12H2,1-2H3;1H. The van der Waals surface area contributed by atoms with Crippen molar-refractivity contribution >= 4 is 24.0 Å². The van der Waals surface area contributed by atoms with Gasteiger partial charge in [-0.3, -0.25) is 0 Å². The Morgan fingerprint density at radius 1 is 0.938 bits per heavy atom. The lowest BCUT2D eigenvalue weighted by atomic mass is 10.0. The lowest BCUT2D eigenvalue weighted by Crippen LogP contribution is -2.30. The lowest BCUT2D eigenvalue weighted by molar-refractivity contribution is 0.428. The Labute approximate surface area is 113 Å². The van der Waals surface area contributed by atoms with Crippen LogP contribution in [0.1, 0.15) is 65.2 Å². The first kappa shape index (κ1) is 18.9. The van der Waals surface area contributed by atoms with Crippen LogP contribution in [0.25, 0.3) is 0 Å². The summed E-state index contributed by atoms with van der Waals surface area (Å²) in [4.78, 5) is 0. The average molecular weight is 270 g/mol. The number of alkyl halides is 1. The van der Waals surface area contributed by atoms with Crippen molar-refractivity contribution in [3.8, 4) is 0 Å². The zero-order chi connectivity index (χ0) is 11.4. The highest BCUT2D eigenvalue weighted by atomic mass is 35.5. The minimum absolute atomic E-state index is 0. The molecule has 0 aliphatic carbocycles. The predicted molar refractivity (Wildman–Crippen MR) is 78.0 cm³/mol. The molecule has 0 aliphatic rings. The highest BCUT2D eigenvalue weighted by Gasteiger charge is 2.06. The molecule has 3 heteroatoms. The van der Waals surface area contributed by atoms with E-state index in [1.54, 1.807) is 0 Å². The number of rotatable bonds is 11. The van der Waals surface area contributed by atoms with Crippen LogP contribution >= 0.6 is 24.0 Å². The molecule has 16 heavy (non-hydrogen) atoms. The van der Waals surface area contributed by atoms with Gasteiger partial charge in [-0.2, -0.15) is 0 Å². The third-order valence-electron chi connectivity index (χ3n) is 2.84. The lowest BCUT2D eigenvalue weighted by Gasteiger charge is -2.17. The van der Waals surface area contributed by atoms with Crippen molar-refractivity contribution in [2.75, 3.05) is 12.4 Å². The molecule has 0 amide bonds. The third-order valence-corrected chi connectivity index (χ3v) is 3.03. The molecule has 0 aromatic heterocycles. The van der Waals surface area contributed by atoms with E-state index in [1.807, 2.05) is 0 Å². The maximum atomic E-state index is 5.71. The molecule has 100 valence electrons. The molecule has 1 nitrogen and oxygen atoms in total. The molecule has 0 atom stereocenters. The smallest absolute Gasteiger partial charge is 0.0348 e. The second kappa shape index (κ2) is 15.5. The molecule has 0 heterocycles. The quantitative estimate of drug-likeness (QED) is 0.421. The summed E-state index contributed by atoms with van der Waals surface area (Å²) in [6.45, 7) is 5.49. The normalized spacial score (nSPS) is 10.5. The Kier molecular flexibility index (Phi) is 18.4. The first-order chi connectivity index (χ1) is 7.35. The van der Waals surface area contributed by atoms with Crippen LogP contribution in [0.3, 0.4) is 0 Å². The van der Waals surface area contributed by atoms with Crippen molar-refractivity contribution in [1.82, 2.24) is 5.32 Å². The SMILES string of the molecule is CCCCCC(CCCCC)NCCCl.Cl. The molecular formula is C13H29Cl2N. The molecule has 0 aromatic rings. The second-order valence-corrected chi connectivity index (χ2v) is 4.71. The van der Waals surface area contributed by atoms with Crippen molar-refractivity contribution in [3.63, 3.8) is 0 Å². The van der Waals surface area contributed by atoms with E-state index in [0.29, 0.717) is 6.04 Å². The van der Waals surface area contributed by atoms with Gasteiger partial charge in [0.05, 0.1) is 0 Å². The van der Waals surface area contributed by atoms with E-state index < -0.39 is 0 Å². The molecule has 0 saturated carbocycles. The second-order valence-electron chi connectivity index (χ2n) is 4.33. The van der Waals surface area contributed by atoms with Crippen LogP contribution in [0, 0.1) is 0 Å². The fourth-order valence-electron chi connectivity index (χ4n) is 1.89. The summed E-state index contributed by atoms with van der Waals surface area (Å²) >= 11 is 5.71. The molecule has 0 radical (unpaired) electrons. The molecule has 0 fully saturated rings. The van der Waals surface area contributed by atoms with Crippen molar-refractivity contribution in [2.24, 2.45) is 0 Å². The molecule has 0 rings (SSSR count). The molecule has 0 unspecified atom stereocenters. The fourth-order valence-corrected chi connectivity index (χ4v) is 2.00. The number of hydrogen-bond acceptors (Lipinski definition) is 1. The van der Waals surface area contributed by atoms with E-state index in [-0.39, 0.29) is 12.4 Å². The minimum Gasteiger partial charge on any atom is -0.313 e. The summed E-state index contributed by atoms with van der Waals surface area (Å²) in [7, 11) is 0. The van der Waals surface area contributed by atoms with Gasteiger partial charge in [0.15, 0.2) is 0 Å². The molecular weight excluding hydrogens is 241 g/mol. The summed E-state index contributed by atoms with van der Waals surface area (Å²) < 4.78 is 0. The number of nitrogens with one attached hydrogen (secondary N) is 1. The molecule has 0 aromatic carbocycles. The van der Waals surface area contributed by atoms with Gasteiger partial charge in [0.25, 0.3) is 0 Å². The molecule has 0 bridgehead atoms. The van der Waals surface area contributed by atoms with Crippen molar-refractivity contribution in [3.05, 3.63) is 0 Å². The van der Waals surface area contributed by atoms with E-state index in [0.717, 1.165) is 12.4 Å². The molecule has 0 spiro atoms. The van der Waals surface area contributed by atoms with Gasteiger partial charge < -0.3 is 5.32 Å². The highest BCUT2D eigenvalue weighted by Crippen LogP contribution is 2.10. The average Bonchev–Trinajstić information content (AvgIpc) is 2.25. The maximum absolute atomic E-state index is 5.71. The van der Waals surface area contributed by atoms with Crippen LogP contribution in [0.15, 0.2) is 0 Å². The van der Waals surface area contributed by atoms with Gasteiger partial charge in [-0.25, -0.2) is 0 Å². The summed E-state index contributed by atoms with van der Waals surface area (Å²) in [5.74, 6) is 0.734. The maximum Gasteiger partial charge on any atom is 0.0348 e. The largest absolute Gasteiger partial charge is 0.313 e. The van der Waals surface area contributed by atoms with Gasteiger partial charge >= 0.3 is 0 Å². The van der Waals surface area contributed by atoms with E-state index in [4.69, 9.17) is 11.6 Å².